The highest BCUT2D eigenvalue weighted by atomic mass is 16.5. The molecule has 3 rings (SSSR count). The van der Waals surface area contributed by atoms with E-state index in [1.54, 1.807) is 43.5 Å². The van der Waals surface area contributed by atoms with Crippen molar-refractivity contribution in [3.8, 4) is 5.75 Å². The molecule has 0 saturated heterocycles. The lowest BCUT2D eigenvalue weighted by Gasteiger charge is -2.13. The zero-order chi connectivity index (χ0) is 23.8. The van der Waals surface area contributed by atoms with Crippen LogP contribution in [0.4, 0.5) is 28.1 Å². The van der Waals surface area contributed by atoms with E-state index in [9.17, 15) is 9.59 Å². The van der Waals surface area contributed by atoms with Gasteiger partial charge in [0.15, 0.2) is 12.4 Å². The Morgan fingerprint density at radius 3 is 2.42 bits per heavy atom. The van der Waals surface area contributed by atoms with Gasteiger partial charge in [-0.25, -0.2) is 9.59 Å². The predicted molar refractivity (Wildman–Crippen MR) is 123 cm³/mol. The molecule has 1 heterocycles. The third-order valence-corrected chi connectivity index (χ3v) is 4.20. The number of esters is 1. The minimum atomic E-state index is -0.659. The van der Waals surface area contributed by atoms with Gasteiger partial charge in [0.2, 0.25) is 11.9 Å². The first-order chi connectivity index (χ1) is 15.9. The fourth-order valence-electron chi connectivity index (χ4n) is 2.83. The van der Waals surface area contributed by atoms with Crippen molar-refractivity contribution >= 4 is 35.3 Å². The van der Waals surface area contributed by atoms with Crippen molar-refractivity contribution in [3.05, 3.63) is 59.9 Å². The van der Waals surface area contributed by atoms with Gasteiger partial charge in [0.05, 0.1) is 24.0 Å². The number of carbonyl (C=O) groups excluding carboxylic acids is 2. The zero-order valence-corrected chi connectivity index (χ0v) is 18.5. The number of amides is 2. The number of ether oxygens (including phenoxy) is 2. The number of anilines is 4. The Bertz CT molecular complexity index is 1140. The van der Waals surface area contributed by atoms with Gasteiger partial charge in [0, 0.05) is 6.04 Å². The molecule has 0 spiro atoms. The number of urea groups is 1. The van der Waals surface area contributed by atoms with Crippen LogP contribution in [0.5, 0.6) is 5.75 Å². The summed E-state index contributed by atoms with van der Waals surface area (Å²) in [4.78, 5) is 37.0. The molecule has 11 nitrogen and oxygen atoms in total. The normalized spacial score (nSPS) is 10.4. The van der Waals surface area contributed by atoms with Crippen molar-refractivity contribution in [2.75, 3.05) is 23.5 Å². The molecule has 0 saturated carbocycles. The zero-order valence-electron chi connectivity index (χ0n) is 18.5. The highest BCUT2D eigenvalue weighted by Gasteiger charge is 2.16. The van der Waals surface area contributed by atoms with Crippen LogP contribution >= 0.6 is 0 Å². The molecule has 0 unspecified atom stereocenters. The van der Waals surface area contributed by atoms with E-state index in [2.05, 4.69) is 30.9 Å². The summed E-state index contributed by atoms with van der Waals surface area (Å²) in [6, 6.07) is 13.2. The van der Waals surface area contributed by atoms with Crippen molar-refractivity contribution in [2.24, 2.45) is 0 Å². The average Bonchev–Trinajstić information content (AvgIpc) is 2.77. The summed E-state index contributed by atoms with van der Waals surface area (Å²) in [6.07, 6.45) is 0. The van der Waals surface area contributed by atoms with E-state index >= 15 is 0 Å². The monoisotopic (exact) mass is 451 g/mol. The topological polar surface area (TPSA) is 153 Å². The number of carbonyl (C=O) groups is 2. The first-order valence-electron chi connectivity index (χ1n) is 10.1. The first kappa shape index (κ1) is 23.3. The van der Waals surface area contributed by atoms with Crippen LogP contribution in [-0.4, -0.2) is 40.1 Å². The van der Waals surface area contributed by atoms with Gasteiger partial charge in [-0.1, -0.05) is 24.3 Å². The van der Waals surface area contributed by atoms with Crippen molar-refractivity contribution < 1.29 is 19.1 Å². The molecule has 3 aromatic rings. The van der Waals surface area contributed by atoms with Gasteiger partial charge in [0.25, 0.3) is 0 Å². The smallest absolute Gasteiger partial charge is 0.340 e. The number of aromatic nitrogens is 3. The van der Waals surface area contributed by atoms with Gasteiger partial charge in [-0.3, -0.25) is 0 Å². The van der Waals surface area contributed by atoms with E-state index < -0.39 is 12.0 Å². The number of benzene rings is 2. The number of hydrogen-bond acceptors (Lipinski definition) is 9. The van der Waals surface area contributed by atoms with Gasteiger partial charge < -0.3 is 31.2 Å². The molecule has 0 aliphatic heterocycles. The standard InChI is InChI=1S/C22H25N7O4/c1-13(2)24-22(31)26-15-9-5-4-8-14(15)19(30)33-12-18-27-20(23)29-21(28-18)25-16-10-6-7-11-17(16)32-3/h4-11,13H,12H2,1-3H3,(H2,24,26,31)(H3,23,25,27,28,29). The summed E-state index contributed by atoms with van der Waals surface area (Å²) in [5.41, 5.74) is 6.92. The highest BCUT2D eigenvalue weighted by molar-refractivity contribution is 6.00. The summed E-state index contributed by atoms with van der Waals surface area (Å²) >= 11 is 0. The van der Waals surface area contributed by atoms with Gasteiger partial charge in [-0.05, 0) is 38.1 Å². The Labute approximate surface area is 190 Å². The molecule has 0 aliphatic rings. The first-order valence-corrected chi connectivity index (χ1v) is 10.1. The van der Waals surface area contributed by atoms with E-state index in [1.165, 1.54) is 0 Å². The molecule has 11 heteroatoms. The fourth-order valence-corrected chi connectivity index (χ4v) is 2.83. The highest BCUT2D eigenvalue weighted by Crippen LogP contribution is 2.25. The van der Waals surface area contributed by atoms with Gasteiger partial charge in [-0.2, -0.15) is 15.0 Å². The molecule has 0 radical (unpaired) electrons. The third-order valence-electron chi connectivity index (χ3n) is 4.20. The van der Waals surface area contributed by atoms with Crippen LogP contribution in [-0.2, 0) is 11.3 Å². The number of nitrogens with two attached hydrogens (primary N) is 1. The van der Waals surface area contributed by atoms with Crippen LogP contribution in [0.15, 0.2) is 48.5 Å². The minimum absolute atomic E-state index is 0.0409. The van der Waals surface area contributed by atoms with Gasteiger partial charge >= 0.3 is 12.0 Å². The van der Waals surface area contributed by atoms with E-state index in [-0.39, 0.29) is 35.9 Å². The maximum absolute atomic E-state index is 12.7. The third kappa shape index (κ3) is 6.53. The molecule has 2 amide bonds. The maximum atomic E-state index is 12.7. The van der Waals surface area contributed by atoms with Gasteiger partial charge in [-0.15, -0.1) is 0 Å². The molecule has 0 bridgehead atoms. The van der Waals surface area contributed by atoms with Crippen molar-refractivity contribution in [1.29, 1.82) is 0 Å². The molecular formula is C22H25N7O4. The molecule has 0 atom stereocenters. The molecule has 5 N–H and O–H groups in total. The maximum Gasteiger partial charge on any atom is 0.340 e. The minimum Gasteiger partial charge on any atom is -0.495 e. The number of rotatable bonds is 8. The Morgan fingerprint density at radius 1 is 1.00 bits per heavy atom. The summed E-state index contributed by atoms with van der Waals surface area (Å²) in [5.74, 6) is 0.214. The number of methoxy groups -OCH3 is 1. The molecule has 172 valence electrons. The van der Waals surface area contributed by atoms with E-state index in [1.807, 2.05) is 26.0 Å². The van der Waals surface area contributed by atoms with Crippen LogP contribution in [0.2, 0.25) is 0 Å². The Morgan fingerprint density at radius 2 is 1.70 bits per heavy atom. The van der Waals surface area contributed by atoms with Crippen LogP contribution < -0.4 is 26.4 Å². The number of para-hydroxylation sites is 3. The summed E-state index contributed by atoms with van der Waals surface area (Å²) in [6.45, 7) is 3.41. The lowest BCUT2D eigenvalue weighted by molar-refractivity contribution is 0.0463. The molecule has 1 aromatic heterocycles. The number of nitrogens with zero attached hydrogens (tertiary/aromatic N) is 3. The van der Waals surface area contributed by atoms with Gasteiger partial charge in [0.1, 0.15) is 5.75 Å². The van der Waals surface area contributed by atoms with Crippen molar-refractivity contribution in [3.63, 3.8) is 0 Å². The lowest BCUT2D eigenvalue weighted by atomic mass is 10.2. The van der Waals surface area contributed by atoms with E-state index in [0.717, 1.165) is 0 Å². The SMILES string of the molecule is COc1ccccc1Nc1nc(N)nc(COC(=O)c2ccccc2NC(=O)NC(C)C)n1. The molecule has 0 fully saturated rings. The van der Waals surface area contributed by atoms with Crippen LogP contribution in [0.1, 0.15) is 30.0 Å². The number of nitrogens with one attached hydrogen (secondary N) is 3. The predicted octanol–water partition coefficient (Wildman–Crippen LogP) is 3.09. The number of nitrogen functional groups attached to an aromatic ring is 1. The van der Waals surface area contributed by atoms with Crippen molar-refractivity contribution in [2.45, 2.75) is 26.5 Å². The average molecular weight is 451 g/mol. The van der Waals surface area contributed by atoms with Crippen LogP contribution in [0, 0.1) is 0 Å². The molecular weight excluding hydrogens is 426 g/mol. The second kappa shape index (κ2) is 10.8. The fraction of sp³-hybridized carbons (Fsp3) is 0.227. The molecule has 2 aromatic carbocycles. The largest absolute Gasteiger partial charge is 0.495 e. The van der Waals surface area contributed by atoms with E-state index in [4.69, 9.17) is 15.2 Å². The molecule has 33 heavy (non-hydrogen) atoms. The van der Waals surface area contributed by atoms with Crippen molar-refractivity contribution in [1.82, 2.24) is 20.3 Å². The van der Waals surface area contributed by atoms with Crippen LogP contribution in [0.3, 0.4) is 0 Å². The Hall–Kier alpha value is -4.41. The molecule has 0 aliphatic carbocycles. The second-order valence-electron chi connectivity index (χ2n) is 7.13. The lowest BCUT2D eigenvalue weighted by Crippen LogP contribution is -2.34. The van der Waals surface area contributed by atoms with E-state index in [0.29, 0.717) is 17.1 Å². The summed E-state index contributed by atoms with van der Waals surface area (Å²) in [7, 11) is 1.55. The number of hydrogen-bond donors (Lipinski definition) is 4. The quantitative estimate of drug-likeness (QED) is 0.378. The summed E-state index contributed by atoms with van der Waals surface area (Å²) in [5, 5.41) is 8.35. The second-order valence-corrected chi connectivity index (χ2v) is 7.13. The van der Waals surface area contributed by atoms with Crippen LogP contribution in [0.25, 0.3) is 0 Å². The Kier molecular flexibility index (Phi) is 7.58. The Balaban J connectivity index is 1.70. The summed E-state index contributed by atoms with van der Waals surface area (Å²) < 4.78 is 10.6.